The number of hydrogen-bond donors (Lipinski definition) is 0. The summed E-state index contributed by atoms with van der Waals surface area (Å²) in [6.45, 7) is 3.56. The highest BCUT2D eigenvalue weighted by molar-refractivity contribution is 8.77. The van der Waals surface area contributed by atoms with Crippen molar-refractivity contribution in [3.05, 3.63) is 0 Å². The number of hydrogen-bond acceptors (Lipinski definition) is 4. The molecule has 0 unspecified atom stereocenters. The van der Waals surface area contributed by atoms with Crippen LogP contribution in [-0.4, -0.2) is 59.4 Å². The van der Waals surface area contributed by atoms with Gasteiger partial charge in [0, 0.05) is 37.1 Å². The summed E-state index contributed by atoms with van der Waals surface area (Å²) in [6, 6.07) is 0.750. The molecule has 0 aromatic carbocycles. The fourth-order valence-electron chi connectivity index (χ4n) is 4.65. The van der Waals surface area contributed by atoms with E-state index in [2.05, 4.69) is 15.7 Å². The van der Waals surface area contributed by atoms with Crippen molar-refractivity contribution in [3.8, 4) is 0 Å². The van der Waals surface area contributed by atoms with Crippen LogP contribution in [-0.2, 0) is 4.79 Å². The Morgan fingerprint density at radius 2 is 2.00 bits per heavy atom. The third-order valence-corrected chi connectivity index (χ3v) is 9.06. The van der Waals surface area contributed by atoms with E-state index in [-0.39, 0.29) is 0 Å². The molecule has 3 aliphatic heterocycles. The molecule has 3 atom stereocenters. The van der Waals surface area contributed by atoms with Gasteiger partial charge in [-0.1, -0.05) is 34.4 Å². The van der Waals surface area contributed by atoms with Crippen molar-refractivity contribution in [2.24, 2.45) is 5.92 Å². The fourth-order valence-corrected chi connectivity index (χ4v) is 7.67. The predicted molar refractivity (Wildman–Crippen MR) is 106 cm³/mol. The molecule has 3 heterocycles. The van der Waals surface area contributed by atoms with Gasteiger partial charge < -0.3 is 9.80 Å². The first-order valence-corrected chi connectivity index (χ1v) is 12.4. The molecule has 0 aliphatic carbocycles. The zero-order valence-corrected chi connectivity index (χ0v) is 16.9. The van der Waals surface area contributed by atoms with Crippen LogP contribution in [0.2, 0.25) is 0 Å². The first kappa shape index (κ1) is 18.9. The predicted octanol–water partition coefficient (Wildman–Crippen LogP) is 4.42. The smallest absolute Gasteiger partial charge is 0.222 e. The lowest BCUT2D eigenvalue weighted by molar-refractivity contribution is -0.131. The monoisotopic (exact) mass is 370 g/mol. The number of amides is 1. The number of rotatable bonds is 7. The topological polar surface area (TPSA) is 23.6 Å². The summed E-state index contributed by atoms with van der Waals surface area (Å²) in [5.74, 6) is 2.40. The quantitative estimate of drug-likeness (QED) is 0.489. The molecule has 138 valence electrons. The van der Waals surface area contributed by atoms with Crippen LogP contribution >= 0.6 is 21.6 Å². The van der Waals surface area contributed by atoms with E-state index in [1.54, 1.807) is 0 Å². The molecule has 0 aromatic heterocycles. The lowest BCUT2D eigenvalue weighted by atomic mass is 9.83. The molecule has 0 N–H and O–H groups in total. The molecule has 3 fully saturated rings. The Morgan fingerprint density at radius 1 is 1.12 bits per heavy atom. The van der Waals surface area contributed by atoms with Gasteiger partial charge in [-0.05, 0) is 64.0 Å². The SMILES string of the molecule is CN(C[C@@H]1CCCN2CCCC[C@H]12)C(=O)CCCC[C@H]1CCSS1. The minimum atomic E-state index is 0.372. The molecule has 3 rings (SSSR count). The molecule has 0 saturated carbocycles. The van der Waals surface area contributed by atoms with Gasteiger partial charge in [0.15, 0.2) is 0 Å². The summed E-state index contributed by atoms with van der Waals surface area (Å²) in [4.78, 5) is 17.2. The van der Waals surface area contributed by atoms with E-state index in [1.165, 1.54) is 70.2 Å². The van der Waals surface area contributed by atoms with Crippen molar-refractivity contribution in [1.29, 1.82) is 0 Å². The Hall–Kier alpha value is 0.130. The second-order valence-corrected chi connectivity index (χ2v) is 10.6. The molecule has 3 nitrogen and oxygen atoms in total. The molecule has 0 aromatic rings. The fraction of sp³-hybridized carbons (Fsp3) is 0.947. The second-order valence-electron chi connectivity index (χ2n) is 7.85. The van der Waals surface area contributed by atoms with Crippen LogP contribution in [0.15, 0.2) is 0 Å². The molecule has 0 spiro atoms. The van der Waals surface area contributed by atoms with Gasteiger partial charge >= 0.3 is 0 Å². The van der Waals surface area contributed by atoms with Gasteiger partial charge in [0.05, 0.1) is 0 Å². The third kappa shape index (κ3) is 5.31. The van der Waals surface area contributed by atoms with Gasteiger partial charge in [-0.15, -0.1) is 0 Å². The number of unbranched alkanes of at least 4 members (excludes halogenated alkanes) is 1. The van der Waals surface area contributed by atoms with Crippen LogP contribution in [0.1, 0.15) is 64.2 Å². The first-order valence-electron chi connectivity index (χ1n) is 10.0. The van der Waals surface area contributed by atoms with Crippen molar-refractivity contribution < 1.29 is 4.79 Å². The molecule has 5 heteroatoms. The van der Waals surface area contributed by atoms with Gasteiger partial charge in [-0.3, -0.25) is 4.79 Å². The molecular weight excluding hydrogens is 336 g/mol. The summed E-state index contributed by atoms with van der Waals surface area (Å²) in [7, 11) is 6.11. The van der Waals surface area contributed by atoms with E-state index in [9.17, 15) is 4.79 Å². The lowest BCUT2D eigenvalue weighted by Gasteiger charge is -2.45. The van der Waals surface area contributed by atoms with Crippen LogP contribution in [0, 0.1) is 5.92 Å². The van der Waals surface area contributed by atoms with Crippen molar-refractivity contribution in [3.63, 3.8) is 0 Å². The molecule has 24 heavy (non-hydrogen) atoms. The summed E-state index contributed by atoms with van der Waals surface area (Å²) in [5.41, 5.74) is 0. The van der Waals surface area contributed by atoms with Crippen LogP contribution in [0.4, 0.5) is 0 Å². The van der Waals surface area contributed by atoms with E-state index in [1.807, 2.05) is 22.7 Å². The van der Waals surface area contributed by atoms with Crippen LogP contribution in [0.5, 0.6) is 0 Å². The van der Waals surface area contributed by atoms with Crippen LogP contribution in [0.3, 0.4) is 0 Å². The Kier molecular flexibility index (Phi) is 7.66. The van der Waals surface area contributed by atoms with Gasteiger partial charge in [0.25, 0.3) is 0 Å². The van der Waals surface area contributed by atoms with Crippen molar-refractivity contribution in [2.45, 2.75) is 75.5 Å². The number of piperidine rings is 2. The maximum Gasteiger partial charge on any atom is 0.222 e. The first-order chi connectivity index (χ1) is 11.7. The highest BCUT2D eigenvalue weighted by Crippen LogP contribution is 2.40. The van der Waals surface area contributed by atoms with Crippen molar-refractivity contribution in [2.75, 3.05) is 32.4 Å². The summed E-state index contributed by atoms with van der Waals surface area (Å²) in [5, 5.41) is 0.849. The minimum absolute atomic E-state index is 0.372. The molecule has 3 aliphatic rings. The largest absolute Gasteiger partial charge is 0.345 e. The normalized spacial score (nSPS) is 31.0. The Morgan fingerprint density at radius 3 is 2.83 bits per heavy atom. The van der Waals surface area contributed by atoms with E-state index in [0.29, 0.717) is 11.8 Å². The van der Waals surface area contributed by atoms with Gasteiger partial charge in [0.1, 0.15) is 0 Å². The Labute approximate surface area is 156 Å². The number of carbonyl (C=O) groups is 1. The summed E-state index contributed by atoms with van der Waals surface area (Å²) in [6.07, 6.45) is 12.4. The van der Waals surface area contributed by atoms with Crippen molar-refractivity contribution in [1.82, 2.24) is 9.80 Å². The summed E-state index contributed by atoms with van der Waals surface area (Å²) >= 11 is 0. The average Bonchev–Trinajstić information content (AvgIpc) is 3.12. The second kappa shape index (κ2) is 9.72. The molecular formula is C19H34N2OS2. The molecule has 0 bridgehead atoms. The Balaban J connectivity index is 1.35. The maximum absolute atomic E-state index is 12.5. The minimum Gasteiger partial charge on any atom is -0.345 e. The third-order valence-electron chi connectivity index (χ3n) is 6.06. The van der Waals surface area contributed by atoms with E-state index < -0.39 is 0 Å². The van der Waals surface area contributed by atoms with Gasteiger partial charge in [-0.2, -0.15) is 0 Å². The molecule has 0 radical (unpaired) electrons. The molecule has 3 saturated heterocycles. The van der Waals surface area contributed by atoms with E-state index in [0.717, 1.165) is 30.7 Å². The van der Waals surface area contributed by atoms with Crippen LogP contribution in [0.25, 0.3) is 0 Å². The summed E-state index contributed by atoms with van der Waals surface area (Å²) < 4.78 is 0. The molecule has 1 amide bonds. The number of nitrogens with zero attached hydrogens (tertiary/aromatic N) is 2. The van der Waals surface area contributed by atoms with Crippen molar-refractivity contribution >= 4 is 27.5 Å². The van der Waals surface area contributed by atoms with Crippen LogP contribution < -0.4 is 0 Å². The van der Waals surface area contributed by atoms with Gasteiger partial charge in [-0.25, -0.2) is 0 Å². The van der Waals surface area contributed by atoms with E-state index >= 15 is 0 Å². The average molecular weight is 371 g/mol. The number of carbonyl (C=O) groups excluding carboxylic acids is 1. The standard InChI is InChI=1S/C19H34N2OS2/c1-20(19(22)10-3-2-8-17-11-14-23-24-17)15-16-7-6-13-21-12-5-4-9-18(16)21/h16-18H,2-15H2,1H3/t16-,17-,18+/m0/s1. The highest BCUT2D eigenvalue weighted by Gasteiger charge is 2.33. The van der Waals surface area contributed by atoms with E-state index in [4.69, 9.17) is 0 Å². The maximum atomic E-state index is 12.5. The number of fused-ring (bicyclic) bond motifs is 1. The Bertz CT molecular complexity index is 399. The van der Waals surface area contributed by atoms with Gasteiger partial charge in [0.2, 0.25) is 5.91 Å². The highest BCUT2D eigenvalue weighted by atomic mass is 33.1. The zero-order valence-electron chi connectivity index (χ0n) is 15.3. The zero-order chi connectivity index (χ0) is 16.8. The lowest BCUT2D eigenvalue weighted by Crippen LogP contribution is -2.51.